The highest BCUT2D eigenvalue weighted by Crippen LogP contribution is 2.42. The fourth-order valence-electron chi connectivity index (χ4n) is 3.37. The second-order valence-electron chi connectivity index (χ2n) is 7.74. The zero-order chi connectivity index (χ0) is 17.4. The molecule has 0 unspecified atom stereocenters. The summed E-state index contributed by atoms with van der Waals surface area (Å²) < 4.78 is 27.4. The molecule has 2 heterocycles. The summed E-state index contributed by atoms with van der Waals surface area (Å²) in [6.07, 6.45) is 1.86. The number of hydrogen-bond acceptors (Lipinski definition) is 3. The highest BCUT2D eigenvalue weighted by molar-refractivity contribution is 6.55. The summed E-state index contributed by atoms with van der Waals surface area (Å²) >= 11 is 0. The van der Waals surface area contributed by atoms with Crippen LogP contribution in [0.4, 0.5) is 4.39 Å². The van der Waals surface area contributed by atoms with E-state index in [4.69, 9.17) is 9.31 Å². The van der Waals surface area contributed by atoms with E-state index >= 15 is 4.39 Å². The Morgan fingerprint density at radius 2 is 1.58 bits per heavy atom. The van der Waals surface area contributed by atoms with Crippen LogP contribution in [-0.2, 0) is 9.31 Å². The summed E-state index contributed by atoms with van der Waals surface area (Å²) in [6, 6.07) is 9.81. The van der Waals surface area contributed by atoms with Crippen LogP contribution in [0.25, 0.3) is 5.57 Å². The Balaban J connectivity index is 1.99. The molecule has 2 aliphatic rings. The summed E-state index contributed by atoms with van der Waals surface area (Å²) in [5.41, 5.74) is 0.328. The average Bonchev–Trinajstić information content (AvgIpc) is 2.78. The SMILES string of the molecule is CC1(C)OB(C(F)=C(c2ccccc2)C2CCNCC2)OC1(C)C. The minimum atomic E-state index is -0.930. The van der Waals surface area contributed by atoms with Crippen LogP contribution in [0, 0.1) is 5.92 Å². The van der Waals surface area contributed by atoms with Crippen molar-refractivity contribution >= 4 is 12.7 Å². The molecule has 0 saturated carbocycles. The van der Waals surface area contributed by atoms with Crippen molar-refractivity contribution in [2.75, 3.05) is 13.1 Å². The summed E-state index contributed by atoms with van der Waals surface area (Å²) in [7, 11) is -0.930. The first-order chi connectivity index (χ1) is 11.3. The molecule has 5 heteroatoms. The topological polar surface area (TPSA) is 30.5 Å². The molecule has 0 bridgehead atoms. The van der Waals surface area contributed by atoms with Crippen molar-refractivity contribution in [2.45, 2.75) is 51.7 Å². The molecule has 1 aromatic carbocycles. The lowest BCUT2D eigenvalue weighted by molar-refractivity contribution is 0.00578. The molecule has 2 saturated heterocycles. The predicted octanol–water partition coefficient (Wildman–Crippen LogP) is 4.00. The van der Waals surface area contributed by atoms with Crippen molar-refractivity contribution < 1.29 is 13.7 Å². The molecular weight excluding hydrogens is 304 g/mol. The van der Waals surface area contributed by atoms with Gasteiger partial charge in [-0.1, -0.05) is 30.3 Å². The minimum Gasteiger partial charge on any atom is -0.398 e. The molecule has 3 rings (SSSR count). The summed E-state index contributed by atoms with van der Waals surface area (Å²) in [6.45, 7) is 9.63. The van der Waals surface area contributed by atoms with Crippen molar-refractivity contribution in [3.8, 4) is 0 Å². The van der Waals surface area contributed by atoms with Gasteiger partial charge in [0.1, 0.15) is 5.73 Å². The van der Waals surface area contributed by atoms with Gasteiger partial charge in [0.2, 0.25) is 0 Å². The molecule has 130 valence electrons. The Kier molecular flexibility index (Phi) is 4.87. The second-order valence-corrected chi connectivity index (χ2v) is 7.74. The standard InChI is InChI=1S/C19H27BFNO2/c1-18(2)19(3,4)24-20(23-18)17(21)16(14-8-6-5-7-9-14)15-10-12-22-13-11-15/h5-9,15,22H,10-13H2,1-4H3. The van der Waals surface area contributed by atoms with Gasteiger partial charge in [0, 0.05) is 0 Å². The Morgan fingerprint density at radius 3 is 2.12 bits per heavy atom. The second kappa shape index (κ2) is 6.62. The first-order valence-electron chi connectivity index (χ1n) is 8.83. The van der Waals surface area contributed by atoms with Crippen LogP contribution in [-0.4, -0.2) is 31.4 Å². The molecule has 0 amide bonds. The van der Waals surface area contributed by atoms with Gasteiger partial charge in [-0.25, -0.2) is 4.39 Å². The molecule has 2 fully saturated rings. The van der Waals surface area contributed by atoms with E-state index in [1.807, 2.05) is 58.0 Å². The van der Waals surface area contributed by atoms with Gasteiger partial charge in [0.05, 0.1) is 11.2 Å². The van der Waals surface area contributed by atoms with Gasteiger partial charge in [-0.3, -0.25) is 0 Å². The number of nitrogens with one attached hydrogen (secondary N) is 1. The molecular formula is C19H27BFNO2. The maximum absolute atomic E-state index is 15.5. The van der Waals surface area contributed by atoms with Crippen LogP contribution in [0.3, 0.4) is 0 Å². The van der Waals surface area contributed by atoms with Gasteiger partial charge in [-0.05, 0) is 70.7 Å². The summed E-state index contributed by atoms with van der Waals surface area (Å²) in [4.78, 5) is 0. The number of hydrogen-bond donors (Lipinski definition) is 1. The van der Waals surface area contributed by atoms with Gasteiger partial charge >= 0.3 is 7.12 Å². The molecule has 2 aliphatic heterocycles. The van der Waals surface area contributed by atoms with Crippen molar-refractivity contribution in [2.24, 2.45) is 5.92 Å². The number of allylic oxidation sites excluding steroid dienone is 1. The van der Waals surface area contributed by atoms with Gasteiger partial charge in [0.25, 0.3) is 0 Å². The molecule has 1 N–H and O–H groups in total. The smallest absolute Gasteiger partial charge is 0.398 e. The van der Waals surface area contributed by atoms with E-state index in [9.17, 15) is 0 Å². The van der Waals surface area contributed by atoms with Crippen molar-refractivity contribution in [3.63, 3.8) is 0 Å². The molecule has 3 nitrogen and oxygen atoms in total. The monoisotopic (exact) mass is 331 g/mol. The Morgan fingerprint density at radius 1 is 1.04 bits per heavy atom. The third-order valence-corrected chi connectivity index (χ3v) is 5.55. The highest BCUT2D eigenvalue weighted by Gasteiger charge is 2.53. The van der Waals surface area contributed by atoms with Crippen molar-refractivity contribution in [1.29, 1.82) is 0 Å². The lowest BCUT2D eigenvalue weighted by Gasteiger charge is -2.32. The van der Waals surface area contributed by atoms with E-state index in [1.165, 1.54) is 0 Å². The molecule has 0 atom stereocenters. The maximum atomic E-state index is 15.5. The van der Waals surface area contributed by atoms with Crippen LogP contribution in [0.15, 0.2) is 36.1 Å². The normalized spacial score (nSPS) is 24.8. The molecule has 1 aromatic rings. The molecule has 0 aromatic heterocycles. The molecule has 24 heavy (non-hydrogen) atoms. The van der Waals surface area contributed by atoms with Crippen molar-refractivity contribution in [3.05, 3.63) is 41.6 Å². The Hall–Kier alpha value is -1.17. The lowest BCUT2D eigenvalue weighted by atomic mass is 9.76. The van der Waals surface area contributed by atoms with E-state index < -0.39 is 18.3 Å². The minimum absolute atomic E-state index is 0.188. The van der Waals surface area contributed by atoms with Crippen LogP contribution < -0.4 is 5.32 Å². The fourth-order valence-corrected chi connectivity index (χ4v) is 3.37. The van der Waals surface area contributed by atoms with Gasteiger partial charge in [0.15, 0.2) is 0 Å². The molecule has 0 aliphatic carbocycles. The number of piperidine rings is 1. The highest BCUT2D eigenvalue weighted by atomic mass is 19.1. The van der Waals surface area contributed by atoms with E-state index in [1.54, 1.807) is 0 Å². The quantitative estimate of drug-likeness (QED) is 0.850. The van der Waals surface area contributed by atoms with E-state index in [0.717, 1.165) is 37.1 Å². The van der Waals surface area contributed by atoms with Crippen LogP contribution in [0.5, 0.6) is 0 Å². The van der Waals surface area contributed by atoms with Crippen molar-refractivity contribution in [1.82, 2.24) is 5.32 Å². The Labute approximate surface area is 144 Å². The van der Waals surface area contributed by atoms with Crippen LogP contribution in [0.2, 0.25) is 0 Å². The first-order valence-corrected chi connectivity index (χ1v) is 8.83. The van der Waals surface area contributed by atoms with Crippen LogP contribution in [0.1, 0.15) is 46.1 Å². The van der Waals surface area contributed by atoms with E-state index in [-0.39, 0.29) is 11.6 Å². The first kappa shape index (κ1) is 17.7. The fraction of sp³-hybridized carbons (Fsp3) is 0.579. The number of rotatable bonds is 3. The predicted molar refractivity (Wildman–Crippen MR) is 96.1 cm³/mol. The van der Waals surface area contributed by atoms with Crippen LogP contribution >= 0.6 is 0 Å². The molecule has 0 radical (unpaired) electrons. The van der Waals surface area contributed by atoms with Gasteiger partial charge in [-0.15, -0.1) is 0 Å². The summed E-state index contributed by atoms with van der Waals surface area (Å²) in [5.74, 6) is 0.188. The van der Waals surface area contributed by atoms with E-state index in [0.29, 0.717) is 0 Å². The number of halogens is 1. The third-order valence-electron chi connectivity index (χ3n) is 5.55. The maximum Gasteiger partial charge on any atom is 0.525 e. The number of benzene rings is 1. The zero-order valence-corrected chi connectivity index (χ0v) is 15.1. The lowest BCUT2D eigenvalue weighted by Crippen LogP contribution is -2.41. The van der Waals surface area contributed by atoms with E-state index in [2.05, 4.69) is 5.32 Å². The summed E-state index contributed by atoms with van der Waals surface area (Å²) in [5, 5.41) is 3.35. The zero-order valence-electron chi connectivity index (χ0n) is 15.1. The Bertz CT molecular complexity index is 593. The molecule has 0 spiro atoms. The van der Waals surface area contributed by atoms with Gasteiger partial charge < -0.3 is 14.6 Å². The largest absolute Gasteiger partial charge is 0.525 e. The van der Waals surface area contributed by atoms with Gasteiger partial charge in [-0.2, -0.15) is 0 Å². The average molecular weight is 331 g/mol. The third kappa shape index (κ3) is 3.30.